The van der Waals surface area contributed by atoms with E-state index in [1.54, 1.807) is 21.3 Å². The van der Waals surface area contributed by atoms with Gasteiger partial charge in [-0.05, 0) is 26.8 Å². The van der Waals surface area contributed by atoms with Crippen molar-refractivity contribution in [3.05, 3.63) is 0 Å². The fraction of sp³-hybridized carbons (Fsp3) is 1.00. The summed E-state index contributed by atoms with van der Waals surface area (Å²) in [5, 5.41) is 0. The van der Waals surface area contributed by atoms with Gasteiger partial charge in [0.1, 0.15) is 0 Å². The Morgan fingerprint density at radius 1 is 0.762 bits per heavy atom. The largest absolute Gasteiger partial charge is 0.500 e. The molecule has 128 valence electrons. The molecule has 0 bridgehead atoms. The first-order valence-electron chi connectivity index (χ1n) is 7.71. The van der Waals surface area contributed by atoms with Gasteiger partial charge in [-0.1, -0.05) is 0 Å². The first-order chi connectivity index (χ1) is 10.2. The summed E-state index contributed by atoms with van der Waals surface area (Å²) in [4.78, 5) is 2.35. The molecule has 0 aliphatic heterocycles. The van der Waals surface area contributed by atoms with E-state index < -0.39 is 8.80 Å². The highest BCUT2D eigenvalue weighted by atomic mass is 28.4. The van der Waals surface area contributed by atoms with Crippen molar-refractivity contribution in [2.45, 2.75) is 26.3 Å². The Balaban J connectivity index is 4.12. The molecule has 0 N–H and O–H groups in total. The summed E-state index contributed by atoms with van der Waals surface area (Å²) in [5.74, 6) is 0. The maximum atomic E-state index is 5.44. The minimum absolute atomic E-state index is 0.754. The van der Waals surface area contributed by atoms with Crippen LogP contribution in [-0.2, 0) is 22.8 Å². The lowest BCUT2D eigenvalue weighted by atomic mass is 10.4. The van der Waals surface area contributed by atoms with Crippen molar-refractivity contribution in [3.8, 4) is 0 Å². The van der Waals surface area contributed by atoms with Gasteiger partial charge in [-0.15, -0.1) is 0 Å². The van der Waals surface area contributed by atoms with Gasteiger partial charge in [-0.3, -0.25) is 4.90 Å². The quantitative estimate of drug-likeness (QED) is 0.337. The van der Waals surface area contributed by atoms with Crippen molar-refractivity contribution < 1.29 is 22.8 Å². The molecule has 0 atom stereocenters. The SMILES string of the molecule is CCOCCN(CCC[Si](OC)(OC)OC)CCOCC. The summed E-state index contributed by atoms with van der Waals surface area (Å²) in [6.07, 6.45) is 0.972. The highest BCUT2D eigenvalue weighted by Gasteiger charge is 2.36. The monoisotopic (exact) mass is 323 g/mol. The number of rotatable bonds is 15. The molecule has 0 aliphatic rings. The molecule has 0 spiro atoms. The van der Waals surface area contributed by atoms with Gasteiger partial charge in [-0.25, -0.2) is 0 Å². The van der Waals surface area contributed by atoms with Gasteiger partial charge in [0.25, 0.3) is 0 Å². The van der Waals surface area contributed by atoms with Crippen LogP contribution in [0.25, 0.3) is 0 Å². The first-order valence-corrected chi connectivity index (χ1v) is 9.64. The molecule has 0 aromatic rings. The van der Waals surface area contributed by atoms with Gasteiger partial charge >= 0.3 is 8.80 Å². The lowest BCUT2D eigenvalue weighted by Gasteiger charge is -2.26. The predicted octanol–water partition coefficient (Wildman–Crippen LogP) is 1.63. The summed E-state index contributed by atoms with van der Waals surface area (Å²) >= 11 is 0. The molecule has 0 rings (SSSR count). The zero-order valence-electron chi connectivity index (χ0n) is 14.4. The maximum absolute atomic E-state index is 5.44. The van der Waals surface area contributed by atoms with Crippen LogP contribution in [0.15, 0.2) is 0 Å². The molecule has 0 amide bonds. The van der Waals surface area contributed by atoms with E-state index in [0.29, 0.717) is 0 Å². The first kappa shape index (κ1) is 21.0. The standard InChI is InChI=1S/C14H33NO5Si/c1-6-19-12-10-15(11-13-20-7-2)9-8-14-21(16-3,17-4)18-5/h6-14H2,1-5H3. The van der Waals surface area contributed by atoms with Crippen LogP contribution in [0.5, 0.6) is 0 Å². The Bertz CT molecular complexity index is 211. The molecule has 0 aromatic carbocycles. The van der Waals surface area contributed by atoms with Gasteiger partial charge in [-0.2, -0.15) is 0 Å². The fourth-order valence-corrected chi connectivity index (χ4v) is 3.79. The molecule has 0 aliphatic carbocycles. The zero-order chi connectivity index (χ0) is 16.0. The van der Waals surface area contributed by atoms with E-state index in [0.717, 1.165) is 58.5 Å². The van der Waals surface area contributed by atoms with Crippen LogP contribution in [0.3, 0.4) is 0 Å². The van der Waals surface area contributed by atoms with Gasteiger partial charge in [0, 0.05) is 53.7 Å². The molecule has 0 aromatic heterocycles. The van der Waals surface area contributed by atoms with Crippen molar-refractivity contribution in [1.29, 1.82) is 0 Å². The molecule has 21 heavy (non-hydrogen) atoms. The summed E-state index contributed by atoms with van der Waals surface area (Å²) < 4.78 is 27.2. The van der Waals surface area contributed by atoms with Crippen molar-refractivity contribution in [3.63, 3.8) is 0 Å². The number of hydrogen-bond acceptors (Lipinski definition) is 6. The summed E-state index contributed by atoms with van der Waals surface area (Å²) in [7, 11) is 2.51. The topological polar surface area (TPSA) is 49.4 Å². The molecular formula is C14H33NO5Si. The summed E-state index contributed by atoms with van der Waals surface area (Å²) in [6, 6.07) is 0.816. The van der Waals surface area contributed by atoms with Gasteiger partial charge in [0.05, 0.1) is 13.2 Å². The molecule has 0 radical (unpaired) electrons. The van der Waals surface area contributed by atoms with Crippen LogP contribution in [-0.4, -0.2) is 81.1 Å². The van der Waals surface area contributed by atoms with Gasteiger partial charge in [0.15, 0.2) is 0 Å². The number of ether oxygens (including phenoxy) is 2. The Morgan fingerprint density at radius 3 is 1.62 bits per heavy atom. The lowest BCUT2D eigenvalue weighted by Crippen LogP contribution is -2.43. The minimum Gasteiger partial charge on any atom is -0.380 e. The van der Waals surface area contributed by atoms with Crippen LogP contribution in [0.4, 0.5) is 0 Å². The molecule has 0 saturated heterocycles. The Hall–Kier alpha value is -0.0231. The highest BCUT2D eigenvalue weighted by molar-refractivity contribution is 6.60. The van der Waals surface area contributed by atoms with Crippen LogP contribution in [0.2, 0.25) is 6.04 Å². The van der Waals surface area contributed by atoms with E-state index in [-0.39, 0.29) is 0 Å². The zero-order valence-corrected chi connectivity index (χ0v) is 15.4. The number of hydrogen-bond donors (Lipinski definition) is 0. The minimum atomic E-state index is -2.45. The lowest BCUT2D eigenvalue weighted by molar-refractivity contribution is 0.0810. The third-order valence-corrected chi connectivity index (χ3v) is 6.23. The van der Waals surface area contributed by atoms with Crippen molar-refractivity contribution in [1.82, 2.24) is 4.90 Å². The second-order valence-corrected chi connectivity index (χ2v) is 7.73. The second-order valence-electron chi connectivity index (χ2n) is 4.63. The molecule has 0 fully saturated rings. The van der Waals surface area contributed by atoms with Crippen LogP contribution in [0, 0.1) is 0 Å². The molecule has 7 heteroatoms. The van der Waals surface area contributed by atoms with E-state index in [4.69, 9.17) is 22.8 Å². The molecular weight excluding hydrogens is 290 g/mol. The van der Waals surface area contributed by atoms with E-state index >= 15 is 0 Å². The summed E-state index contributed by atoms with van der Waals surface area (Å²) in [5.41, 5.74) is 0. The molecule has 0 saturated carbocycles. The predicted molar refractivity (Wildman–Crippen MR) is 85.6 cm³/mol. The smallest absolute Gasteiger partial charge is 0.380 e. The Kier molecular flexibility index (Phi) is 13.6. The van der Waals surface area contributed by atoms with E-state index in [2.05, 4.69) is 4.90 Å². The Morgan fingerprint density at radius 2 is 1.24 bits per heavy atom. The fourth-order valence-electron chi connectivity index (χ4n) is 2.09. The third kappa shape index (κ3) is 9.57. The van der Waals surface area contributed by atoms with Gasteiger partial charge < -0.3 is 22.8 Å². The van der Waals surface area contributed by atoms with E-state index in [9.17, 15) is 0 Å². The van der Waals surface area contributed by atoms with Crippen molar-refractivity contribution in [2.24, 2.45) is 0 Å². The average molecular weight is 324 g/mol. The van der Waals surface area contributed by atoms with Crippen LogP contribution in [0.1, 0.15) is 20.3 Å². The number of nitrogens with zero attached hydrogens (tertiary/aromatic N) is 1. The summed E-state index contributed by atoms with van der Waals surface area (Å²) in [6.45, 7) is 9.85. The maximum Gasteiger partial charge on any atom is 0.500 e. The third-order valence-electron chi connectivity index (χ3n) is 3.40. The second kappa shape index (κ2) is 13.6. The highest BCUT2D eigenvalue weighted by Crippen LogP contribution is 2.15. The van der Waals surface area contributed by atoms with Crippen LogP contribution >= 0.6 is 0 Å². The molecule has 0 heterocycles. The van der Waals surface area contributed by atoms with E-state index in [1.165, 1.54) is 0 Å². The molecule has 0 unspecified atom stereocenters. The average Bonchev–Trinajstić information content (AvgIpc) is 2.52. The van der Waals surface area contributed by atoms with Crippen molar-refractivity contribution >= 4 is 8.80 Å². The van der Waals surface area contributed by atoms with Crippen LogP contribution < -0.4 is 0 Å². The van der Waals surface area contributed by atoms with E-state index in [1.807, 2.05) is 13.8 Å². The molecule has 6 nitrogen and oxygen atoms in total. The van der Waals surface area contributed by atoms with Gasteiger partial charge in [0.2, 0.25) is 0 Å². The normalized spacial score (nSPS) is 12.3. The van der Waals surface area contributed by atoms with Crippen molar-refractivity contribution in [2.75, 3.05) is 67.4 Å². The Labute approximate surface area is 131 Å².